The van der Waals surface area contributed by atoms with E-state index in [4.69, 9.17) is 8.83 Å². The second kappa shape index (κ2) is 11.8. The SMILES string of the molecule is C=C(C)/C=C\C1=C(c2ccc3c(c2)oc2ccc4c5ccccc5oc4c23)C2=CC=CC(C)C2C(c2ccc(C3=CC(C)CC=C3)cc2)=C1C. The lowest BCUT2D eigenvalue weighted by Gasteiger charge is -2.38. The summed E-state index contributed by atoms with van der Waals surface area (Å²) in [6.07, 6.45) is 19.4. The minimum atomic E-state index is 0.221. The van der Waals surface area contributed by atoms with Gasteiger partial charge in [0.25, 0.3) is 0 Å². The summed E-state index contributed by atoms with van der Waals surface area (Å²) in [7, 11) is 0. The average Bonchev–Trinajstić information content (AvgIpc) is 3.69. The summed E-state index contributed by atoms with van der Waals surface area (Å²) in [5.74, 6) is 1.12. The molecule has 2 aromatic heterocycles. The standard InChI is InChI=1S/C48H40O2/c1-28(2)16-22-36-31(5)45(33-19-17-32(18-20-33)34-12-8-10-29(3)26-34)44-30(4)11-9-14-40(44)46(36)35-21-23-39-43(27-35)49-42-25-24-38-37-13-6-7-15-41(37)50-48(38)47(39)42/h6-9,11-27,29-30,44H,1,10H2,2-5H3/b22-16-. The third-order valence-corrected chi connectivity index (χ3v) is 10.8. The predicted octanol–water partition coefficient (Wildman–Crippen LogP) is 13.6. The Morgan fingerprint density at radius 3 is 2.42 bits per heavy atom. The number of allylic oxidation sites excluding steroid dienone is 15. The molecule has 4 aromatic carbocycles. The molecule has 2 heteroatoms. The van der Waals surface area contributed by atoms with E-state index in [0.29, 0.717) is 11.8 Å². The van der Waals surface area contributed by atoms with Crippen LogP contribution in [0.25, 0.3) is 60.6 Å². The Morgan fingerprint density at radius 1 is 0.820 bits per heavy atom. The zero-order valence-electron chi connectivity index (χ0n) is 29.1. The van der Waals surface area contributed by atoms with Gasteiger partial charge in [-0.2, -0.15) is 0 Å². The maximum atomic E-state index is 6.59. The van der Waals surface area contributed by atoms with Crippen LogP contribution in [0, 0.1) is 17.8 Å². The molecule has 0 spiro atoms. The van der Waals surface area contributed by atoms with E-state index in [1.165, 1.54) is 44.6 Å². The van der Waals surface area contributed by atoms with E-state index < -0.39 is 0 Å². The zero-order valence-corrected chi connectivity index (χ0v) is 29.1. The van der Waals surface area contributed by atoms with Crippen LogP contribution in [0.15, 0.2) is 165 Å². The molecule has 3 aliphatic carbocycles. The van der Waals surface area contributed by atoms with Crippen LogP contribution in [0.2, 0.25) is 0 Å². The van der Waals surface area contributed by atoms with Crippen molar-refractivity contribution in [3.05, 3.63) is 173 Å². The van der Waals surface area contributed by atoms with Crippen LogP contribution in [0.4, 0.5) is 0 Å². The molecule has 3 aliphatic rings. The number of rotatable bonds is 5. The second-order valence-corrected chi connectivity index (χ2v) is 14.4. The van der Waals surface area contributed by atoms with Gasteiger partial charge in [-0.3, -0.25) is 0 Å². The highest BCUT2D eigenvalue weighted by Gasteiger charge is 2.36. The van der Waals surface area contributed by atoms with E-state index in [-0.39, 0.29) is 5.92 Å². The molecule has 0 amide bonds. The molecule has 50 heavy (non-hydrogen) atoms. The predicted molar refractivity (Wildman–Crippen MR) is 212 cm³/mol. The molecule has 0 radical (unpaired) electrons. The van der Waals surface area contributed by atoms with Crippen molar-refractivity contribution in [2.45, 2.75) is 34.1 Å². The Bertz CT molecular complexity index is 2620. The molecule has 2 nitrogen and oxygen atoms in total. The van der Waals surface area contributed by atoms with Gasteiger partial charge in [0, 0.05) is 22.1 Å². The van der Waals surface area contributed by atoms with Crippen molar-refractivity contribution in [1.29, 1.82) is 0 Å². The van der Waals surface area contributed by atoms with Crippen LogP contribution in [0.5, 0.6) is 0 Å². The van der Waals surface area contributed by atoms with Gasteiger partial charge in [-0.25, -0.2) is 0 Å². The Morgan fingerprint density at radius 2 is 1.60 bits per heavy atom. The molecule has 0 N–H and O–H groups in total. The summed E-state index contributed by atoms with van der Waals surface area (Å²) in [4.78, 5) is 0. The first-order valence-corrected chi connectivity index (χ1v) is 17.8. The molecule has 3 unspecified atom stereocenters. The summed E-state index contributed by atoms with van der Waals surface area (Å²) in [5, 5.41) is 4.33. The summed E-state index contributed by atoms with van der Waals surface area (Å²) in [6.45, 7) is 13.2. The number of para-hydroxylation sites is 1. The van der Waals surface area contributed by atoms with Gasteiger partial charge < -0.3 is 8.83 Å². The number of hydrogen-bond donors (Lipinski definition) is 0. The molecule has 0 saturated heterocycles. The monoisotopic (exact) mass is 648 g/mol. The van der Waals surface area contributed by atoms with Gasteiger partial charge in [0.05, 0.1) is 5.39 Å². The van der Waals surface area contributed by atoms with Crippen molar-refractivity contribution < 1.29 is 8.83 Å². The highest BCUT2D eigenvalue weighted by atomic mass is 16.3. The Balaban J connectivity index is 1.24. The minimum Gasteiger partial charge on any atom is -0.456 e. The van der Waals surface area contributed by atoms with E-state index in [1.807, 2.05) is 12.1 Å². The lowest BCUT2D eigenvalue weighted by Crippen LogP contribution is -2.23. The average molecular weight is 649 g/mol. The molecule has 3 atom stereocenters. The lowest BCUT2D eigenvalue weighted by atomic mass is 9.65. The number of fused-ring (bicyclic) bond motifs is 8. The van der Waals surface area contributed by atoms with E-state index in [1.54, 1.807) is 0 Å². The van der Waals surface area contributed by atoms with Crippen molar-refractivity contribution in [3.63, 3.8) is 0 Å². The van der Waals surface area contributed by atoms with Gasteiger partial charge in [-0.15, -0.1) is 0 Å². The normalized spacial score (nSPS) is 20.8. The van der Waals surface area contributed by atoms with E-state index >= 15 is 0 Å². The quantitative estimate of drug-likeness (QED) is 0.174. The van der Waals surface area contributed by atoms with Crippen molar-refractivity contribution in [2.75, 3.05) is 0 Å². The summed E-state index contributed by atoms with van der Waals surface area (Å²) in [6, 6.07) is 28.4. The van der Waals surface area contributed by atoms with Crippen LogP contribution >= 0.6 is 0 Å². The first-order chi connectivity index (χ1) is 24.4. The maximum absolute atomic E-state index is 6.59. The van der Waals surface area contributed by atoms with Crippen LogP contribution in [-0.4, -0.2) is 0 Å². The molecule has 0 aliphatic heterocycles. The zero-order chi connectivity index (χ0) is 34.1. The van der Waals surface area contributed by atoms with Crippen molar-refractivity contribution in [2.24, 2.45) is 17.8 Å². The molecule has 2 heterocycles. The molecule has 0 bridgehead atoms. The van der Waals surface area contributed by atoms with E-state index in [2.05, 4.69) is 150 Å². The highest BCUT2D eigenvalue weighted by Crippen LogP contribution is 2.52. The smallest absolute Gasteiger partial charge is 0.147 e. The fraction of sp³-hybridized carbons (Fsp3) is 0.167. The van der Waals surface area contributed by atoms with Crippen LogP contribution in [0.1, 0.15) is 50.8 Å². The molecular weight excluding hydrogens is 609 g/mol. The summed E-state index contributed by atoms with van der Waals surface area (Å²) < 4.78 is 13.0. The molecule has 244 valence electrons. The van der Waals surface area contributed by atoms with Gasteiger partial charge in [0.15, 0.2) is 0 Å². The molecule has 0 saturated carbocycles. The van der Waals surface area contributed by atoms with Crippen LogP contribution in [0.3, 0.4) is 0 Å². The summed E-state index contributed by atoms with van der Waals surface area (Å²) in [5.41, 5.74) is 16.0. The number of benzene rings is 4. The third-order valence-electron chi connectivity index (χ3n) is 10.8. The third kappa shape index (κ3) is 4.85. The highest BCUT2D eigenvalue weighted by molar-refractivity contribution is 6.22. The van der Waals surface area contributed by atoms with E-state index in [9.17, 15) is 0 Å². The van der Waals surface area contributed by atoms with Gasteiger partial charge in [0.2, 0.25) is 0 Å². The first kappa shape index (κ1) is 30.5. The second-order valence-electron chi connectivity index (χ2n) is 14.4. The van der Waals surface area contributed by atoms with Crippen molar-refractivity contribution in [3.8, 4) is 0 Å². The van der Waals surface area contributed by atoms with Gasteiger partial charge in [-0.1, -0.05) is 123 Å². The van der Waals surface area contributed by atoms with Gasteiger partial charge in [0.1, 0.15) is 22.3 Å². The first-order valence-electron chi connectivity index (χ1n) is 17.8. The van der Waals surface area contributed by atoms with Gasteiger partial charge >= 0.3 is 0 Å². The van der Waals surface area contributed by atoms with Crippen LogP contribution in [-0.2, 0) is 0 Å². The Kier molecular flexibility index (Phi) is 7.17. The Hall–Kier alpha value is -5.60. The van der Waals surface area contributed by atoms with Gasteiger partial charge in [-0.05, 0) is 113 Å². The molecule has 9 rings (SSSR count). The Labute approximate surface area is 293 Å². The molecule has 6 aromatic rings. The number of furan rings is 2. The fourth-order valence-corrected chi connectivity index (χ4v) is 8.44. The fourth-order valence-electron chi connectivity index (χ4n) is 8.44. The molecule has 0 fully saturated rings. The molecular formula is C48H40O2. The lowest BCUT2D eigenvalue weighted by molar-refractivity contribution is 0.597. The van der Waals surface area contributed by atoms with Crippen LogP contribution < -0.4 is 0 Å². The van der Waals surface area contributed by atoms with E-state index in [0.717, 1.165) is 61.4 Å². The largest absolute Gasteiger partial charge is 0.456 e. The number of hydrogen-bond acceptors (Lipinski definition) is 2. The topological polar surface area (TPSA) is 26.3 Å². The van der Waals surface area contributed by atoms with Crippen molar-refractivity contribution >= 4 is 60.6 Å². The summed E-state index contributed by atoms with van der Waals surface area (Å²) >= 11 is 0. The maximum Gasteiger partial charge on any atom is 0.147 e. The minimum absolute atomic E-state index is 0.221. The van der Waals surface area contributed by atoms with Crippen molar-refractivity contribution in [1.82, 2.24) is 0 Å².